The van der Waals surface area contributed by atoms with Crippen molar-refractivity contribution in [3.05, 3.63) is 71.3 Å². The van der Waals surface area contributed by atoms with Crippen LogP contribution < -0.4 is 0 Å². The fourth-order valence-corrected chi connectivity index (χ4v) is 8.00. The molecule has 0 aromatic heterocycles. The lowest BCUT2D eigenvalue weighted by atomic mass is 10.0. The molecule has 9 heteroatoms. The Morgan fingerprint density at radius 1 is 0.935 bits per heavy atom. The third-order valence-electron chi connectivity index (χ3n) is 4.53. The third-order valence-corrected chi connectivity index (χ3v) is 9.91. The van der Waals surface area contributed by atoms with Gasteiger partial charge in [0, 0.05) is 17.3 Å². The largest absolute Gasteiger partial charge is 0.395 e. The molecule has 0 unspecified atom stereocenters. The quantitative estimate of drug-likeness (QED) is 0.521. The topological polar surface area (TPSA) is 131 Å². The van der Waals surface area contributed by atoms with Crippen LogP contribution in [-0.2, 0) is 13.7 Å². The molecule has 164 valence electrons. The van der Waals surface area contributed by atoms with E-state index in [9.17, 15) is 29.2 Å². The normalized spacial score (nSPS) is 11.9. The van der Waals surface area contributed by atoms with E-state index in [1.807, 2.05) is 19.1 Å². The van der Waals surface area contributed by atoms with Gasteiger partial charge in [0.05, 0.1) is 18.1 Å². The zero-order valence-electron chi connectivity index (χ0n) is 17.1. The van der Waals surface area contributed by atoms with Crippen LogP contribution in [0.1, 0.15) is 11.1 Å². The van der Waals surface area contributed by atoms with Crippen molar-refractivity contribution in [1.82, 2.24) is 0 Å². The summed E-state index contributed by atoms with van der Waals surface area (Å²) in [6.45, 7) is 1.07. The van der Waals surface area contributed by atoms with Gasteiger partial charge in [0.25, 0.3) is 0 Å². The molecule has 0 saturated carbocycles. The Balaban J connectivity index is 2.58. The van der Waals surface area contributed by atoms with Crippen molar-refractivity contribution in [2.75, 3.05) is 30.5 Å². The van der Waals surface area contributed by atoms with Crippen LogP contribution in [0.5, 0.6) is 0 Å². The Hall–Kier alpha value is -2.66. The van der Waals surface area contributed by atoms with Gasteiger partial charge in [-0.05, 0) is 30.2 Å². The van der Waals surface area contributed by atoms with Crippen LogP contribution in [0.2, 0.25) is 0 Å². The van der Waals surface area contributed by atoms with Gasteiger partial charge in [-0.3, -0.25) is 0 Å². The molecule has 0 fully saturated rings. The number of benzene rings is 2. The van der Waals surface area contributed by atoms with E-state index in [4.69, 9.17) is 3.63 Å². The molecule has 0 aliphatic rings. The number of allylic oxidation sites excluding steroid dienone is 1. The highest BCUT2D eigenvalue weighted by Gasteiger charge is 2.34. The lowest BCUT2D eigenvalue weighted by molar-refractivity contribution is 0.312. The van der Waals surface area contributed by atoms with Crippen molar-refractivity contribution >= 4 is 26.0 Å². The van der Waals surface area contributed by atoms with Crippen molar-refractivity contribution in [1.29, 1.82) is 10.5 Å². The van der Waals surface area contributed by atoms with Gasteiger partial charge < -0.3 is 10.2 Å². The van der Waals surface area contributed by atoms with E-state index in [1.165, 1.54) is 12.1 Å². The lowest BCUT2D eigenvalue weighted by Gasteiger charge is -2.38. The van der Waals surface area contributed by atoms with Crippen LogP contribution in [0.3, 0.4) is 0 Å². The van der Waals surface area contributed by atoms with Crippen LogP contribution >= 0.6 is 10.3 Å². The summed E-state index contributed by atoms with van der Waals surface area (Å²) < 4.78 is 31.8. The lowest BCUT2D eigenvalue weighted by Crippen LogP contribution is -2.25. The zero-order chi connectivity index (χ0) is 22.9. The molecule has 31 heavy (non-hydrogen) atoms. The summed E-state index contributed by atoms with van der Waals surface area (Å²) in [5.74, 6) is -0.169. The second-order valence-corrected chi connectivity index (χ2v) is 11.7. The highest BCUT2D eigenvalue weighted by Crippen LogP contribution is 2.54. The Labute approximate surface area is 184 Å². The van der Waals surface area contributed by atoms with E-state index in [-0.39, 0.29) is 40.9 Å². The zero-order valence-corrected chi connectivity index (χ0v) is 18.7. The summed E-state index contributed by atoms with van der Waals surface area (Å²) >= 11 is 0. The minimum absolute atomic E-state index is 0.0425. The fourth-order valence-electron chi connectivity index (χ4n) is 2.97. The Kier molecular flexibility index (Phi) is 8.81. The summed E-state index contributed by atoms with van der Waals surface area (Å²) in [7, 11) is -6.89. The number of hydrogen-bond donors (Lipinski definition) is 2. The number of nitriles is 2. The summed E-state index contributed by atoms with van der Waals surface area (Å²) in [6.07, 6.45) is 0. The first-order chi connectivity index (χ1) is 14.8. The van der Waals surface area contributed by atoms with Crippen molar-refractivity contribution in [2.45, 2.75) is 11.8 Å². The van der Waals surface area contributed by atoms with Gasteiger partial charge in [-0.25, -0.2) is 3.63 Å². The molecule has 2 rings (SSSR count). The standard InChI is InChI=1S/C22H24N2O5S2/c1-18-7-9-21(10-8-18)31(27,28)29-30(13-11-25,14-12-26)17-22(20(15-23)16-24)19-5-3-2-4-6-19/h2-10,25-26H,11-14,17H2,1H3. The van der Waals surface area contributed by atoms with E-state index < -0.39 is 20.4 Å². The molecular formula is C22H24N2O5S2. The minimum Gasteiger partial charge on any atom is -0.395 e. The smallest absolute Gasteiger partial charge is 0.306 e. The summed E-state index contributed by atoms with van der Waals surface area (Å²) in [5.41, 5.74) is 1.60. The van der Waals surface area contributed by atoms with E-state index in [1.54, 1.807) is 42.5 Å². The highest BCUT2D eigenvalue weighted by atomic mass is 32.3. The Morgan fingerprint density at radius 3 is 1.97 bits per heavy atom. The first-order valence-electron chi connectivity index (χ1n) is 9.40. The Bertz CT molecular complexity index is 1080. The van der Waals surface area contributed by atoms with Gasteiger partial charge in [-0.15, -0.1) is 10.3 Å². The van der Waals surface area contributed by atoms with Gasteiger partial charge >= 0.3 is 10.1 Å². The molecule has 2 aromatic carbocycles. The third kappa shape index (κ3) is 6.41. The molecule has 7 nitrogen and oxygen atoms in total. The molecular weight excluding hydrogens is 436 g/mol. The molecule has 0 radical (unpaired) electrons. The van der Waals surface area contributed by atoms with Crippen LogP contribution in [0.25, 0.3) is 5.57 Å². The van der Waals surface area contributed by atoms with Crippen molar-refractivity contribution in [3.63, 3.8) is 0 Å². The second-order valence-electron chi connectivity index (χ2n) is 6.74. The van der Waals surface area contributed by atoms with Crippen LogP contribution in [0, 0.1) is 29.6 Å². The average Bonchev–Trinajstić information content (AvgIpc) is 2.75. The van der Waals surface area contributed by atoms with Gasteiger partial charge in [-0.2, -0.15) is 18.9 Å². The molecule has 0 aliphatic heterocycles. The predicted octanol–water partition coefficient (Wildman–Crippen LogP) is 2.91. The maximum atomic E-state index is 13.0. The number of nitrogens with zero attached hydrogens (tertiary/aromatic N) is 2. The Morgan fingerprint density at radius 2 is 1.48 bits per heavy atom. The van der Waals surface area contributed by atoms with E-state index >= 15 is 0 Å². The molecule has 0 saturated heterocycles. The van der Waals surface area contributed by atoms with Gasteiger partial charge in [0.1, 0.15) is 17.7 Å². The molecule has 0 atom stereocenters. The summed E-state index contributed by atoms with van der Waals surface area (Å²) in [4.78, 5) is -0.0446. The fraction of sp³-hybridized carbons (Fsp3) is 0.273. The van der Waals surface area contributed by atoms with E-state index in [0.717, 1.165) is 5.56 Å². The molecule has 0 aliphatic carbocycles. The van der Waals surface area contributed by atoms with Gasteiger partial charge in [-0.1, -0.05) is 48.0 Å². The molecule has 2 aromatic rings. The maximum Gasteiger partial charge on any atom is 0.306 e. The first kappa shape index (κ1) is 24.6. The van der Waals surface area contributed by atoms with Gasteiger partial charge in [0.15, 0.2) is 0 Å². The first-order valence-corrected chi connectivity index (χ1v) is 12.9. The van der Waals surface area contributed by atoms with Crippen LogP contribution in [0.15, 0.2) is 65.1 Å². The van der Waals surface area contributed by atoms with Crippen molar-refractivity contribution < 1.29 is 22.3 Å². The number of hydrogen-bond acceptors (Lipinski definition) is 7. The highest BCUT2D eigenvalue weighted by molar-refractivity contribution is 8.33. The van der Waals surface area contributed by atoms with Gasteiger partial charge in [0.2, 0.25) is 0 Å². The van der Waals surface area contributed by atoms with Crippen LogP contribution in [0.4, 0.5) is 0 Å². The maximum absolute atomic E-state index is 13.0. The minimum atomic E-state index is -4.22. The van der Waals surface area contributed by atoms with Crippen LogP contribution in [-0.4, -0.2) is 49.1 Å². The number of aryl methyl sites for hydroxylation is 1. The molecule has 0 amide bonds. The summed E-state index contributed by atoms with van der Waals surface area (Å²) in [6, 6.07) is 18.5. The monoisotopic (exact) mass is 460 g/mol. The SMILES string of the molecule is Cc1ccc(S(=O)(=O)OS(CCO)(CCO)CC(=C(C#N)C#N)c2ccccc2)cc1. The van der Waals surface area contributed by atoms with E-state index in [2.05, 4.69) is 0 Å². The molecule has 0 bridgehead atoms. The van der Waals surface area contributed by atoms with Crippen molar-refractivity contribution in [3.8, 4) is 12.1 Å². The molecule has 0 spiro atoms. The summed E-state index contributed by atoms with van der Waals surface area (Å²) in [5, 5.41) is 38.3. The predicted molar refractivity (Wildman–Crippen MR) is 120 cm³/mol. The molecule has 2 N–H and O–H groups in total. The number of aliphatic hydroxyl groups excluding tert-OH is 2. The number of rotatable bonds is 10. The second kappa shape index (κ2) is 11.1. The average molecular weight is 461 g/mol. The van der Waals surface area contributed by atoms with E-state index in [0.29, 0.717) is 11.1 Å². The molecule has 0 heterocycles. The van der Waals surface area contributed by atoms with Crippen molar-refractivity contribution in [2.24, 2.45) is 0 Å². The number of aliphatic hydroxyl groups is 2.